The lowest BCUT2D eigenvalue weighted by Crippen LogP contribution is -2.31. The Morgan fingerprint density at radius 1 is 1.62 bits per heavy atom. The second kappa shape index (κ2) is 5.08. The van der Waals surface area contributed by atoms with Crippen molar-refractivity contribution in [1.29, 1.82) is 5.26 Å². The highest BCUT2D eigenvalue weighted by Crippen LogP contribution is 2.32. The van der Waals surface area contributed by atoms with E-state index < -0.39 is 11.6 Å². The summed E-state index contributed by atoms with van der Waals surface area (Å²) >= 11 is 3.09. The molecule has 5 heteroatoms. The molecule has 0 bridgehead atoms. The van der Waals surface area contributed by atoms with Gasteiger partial charge in [-0.1, -0.05) is 34.1 Å². The Bertz CT molecular complexity index is 444. The van der Waals surface area contributed by atoms with Crippen LogP contribution in [0.2, 0.25) is 0 Å². The van der Waals surface area contributed by atoms with Crippen LogP contribution in [0.5, 0.6) is 0 Å². The van der Waals surface area contributed by atoms with Crippen LogP contribution >= 0.6 is 15.9 Å². The van der Waals surface area contributed by atoms with Crippen LogP contribution in [0.3, 0.4) is 0 Å². The predicted octanol–water partition coefficient (Wildman–Crippen LogP) is 2.70. The molecule has 0 spiro atoms. The minimum atomic E-state index is -2.77. The van der Waals surface area contributed by atoms with Gasteiger partial charge in [-0.05, 0) is 13.0 Å². The number of carbonyl (C=O) groups excluding carboxylic acids is 1. The molecule has 0 saturated heterocycles. The number of halogens is 2. The van der Waals surface area contributed by atoms with Gasteiger partial charge in [0, 0.05) is 10.0 Å². The second-order valence-electron chi connectivity index (χ2n) is 2.97. The van der Waals surface area contributed by atoms with Crippen LogP contribution in [0.4, 0.5) is 4.39 Å². The minimum absolute atomic E-state index is 0.0244. The first-order valence-corrected chi connectivity index (χ1v) is 5.38. The van der Waals surface area contributed by atoms with Gasteiger partial charge in [0.15, 0.2) is 0 Å². The van der Waals surface area contributed by atoms with Crippen molar-refractivity contribution in [2.24, 2.45) is 0 Å². The molecule has 1 atom stereocenters. The van der Waals surface area contributed by atoms with Crippen molar-refractivity contribution in [3.8, 4) is 6.07 Å². The Kier molecular flexibility index (Phi) is 4.02. The number of benzene rings is 1. The molecule has 0 aliphatic carbocycles. The Morgan fingerprint density at radius 2 is 2.25 bits per heavy atom. The Hall–Kier alpha value is -1.41. The summed E-state index contributed by atoms with van der Waals surface area (Å²) in [6.07, 6.45) is 0. The van der Waals surface area contributed by atoms with Crippen LogP contribution in [0.15, 0.2) is 28.7 Å². The zero-order chi connectivity index (χ0) is 12.2. The third-order valence-corrected chi connectivity index (χ3v) is 2.65. The van der Waals surface area contributed by atoms with Crippen LogP contribution < -0.4 is 0 Å². The van der Waals surface area contributed by atoms with Crippen molar-refractivity contribution in [2.45, 2.75) is 12.6 Å². The highest BCUT2D eigenvalue weighted by atomic mass is 79.9. The number of hydrogen-bond donors (Lipinski definition) is 0. The summed E-state index contributed by atoms with van der Waals surface area (Å²) in [6.45, 7) is 1.58. The number of ether oxygens (including phenoxy) is 1. The molecular weight excluding hydrogens is 277 g/mol. The van der Waals surface area contributed by atoms with Crippen LogP contribution in [0.25, 0.3) is 0 Å². The van der Waals surface area contributed by atoms with E-state index in [0.29, 0.717) is 4.47 Å². The fourth-order valence-corrected chi connectivity index (χ4v) is 1.74. The molecule has 1 rings (SSSR count). The summed E-state index contributed by atoms with van der Waals surface area (Å²) in [5.41, 5.74) is -2.81. The van der Waals surface area contributed by atoms with Gasteiger partial charge in [0.05, 0.1) is 6.61 Å². The number of rotatable bonds is 3. The molecule has 0 aliphatic heterocycles. The fraction of sp³-hybridized carbons (Fsp3) is 0.273. The molecule has 0 aliphatic rings. The Balaban J connectivity index is 3.21. The van der Waals surface area contributed by atoms with Crippen molar-refractivity contribution in [3.63, 3.8) is 0 Å². The van der Waals surface area contributed by atoms with E-state index in [9.17, 15) is 9.18 Å². The molecule has 0 amide bonds. The number of nitrogens with zero attached hydrogens (tertiary/aromatic N) is 1. The molecule has 0 unspecified atom stereocenters. The molecule has 0 heterocycles. The number of nitriles is 1. The second-order valence-corrected chi connectivity index (χ2v) is 3.82. The van der Waals surface area contributed by atoms with Crippen molar-refractivity contribution >= 4 is 21.9 Å². The smallest absolute Gasteiger partial charge is 0.363 e. The number of alkyl halides is 1. The average molecular weight is 286 g/mol. The zero-order valence-electron chi connectivity index (χ0n) is 8.54. The van der Waals surface area contributed by atoms with Gasteiger partial charge in [0.1, 0.15) is 6.07 Å². The standard InChI is InChI=1S/C11H9BrFNO2/c1-2-16-10(15)11(13,7-14)8-5-3-4-6-9(8)12/h3-6H,2H2,1H3/t11-/m1/s1. The molecule has 0 saturated carbocycles. The highest BCUT2D eigenvalue weighted by Gasteiger charge is 2.44. The van der Waals surface area contributed by atoms with Crippen molar-refractivity contribution < 1.29 is 13.9 Å². The maximum absolute atomic E-state index is 14.2. The average Bonchev–Trinajstić information content (AvgIpc) is 2.29. The van der Waals surface area contributed by atoms with E-state index in [2.05, 4.69) is 20.7 Å². The first kappa shape index (κ1) is 12.7. The molecule has 0 N–H and O–H groups in total. The summed E-state index contributed by atoms with van der Waals surface area (Å²) in [6, 6.07) is 7.48. The number of hydrogen-bond acceptors (Lipinski definition) is 3. The lowest BCUT2D eigenvalue weighted by Gasteiger charge is -2.17. The summed E-state index contributed by atoms with van der Waals surface area (Å²) < 4.78 is 19.1. The van der Waals surface area contributed by atoms with Gasteiger partial charge in [0.25, 0.3) is 0 Å². The molecule has 84 valence electrons. The fourth-order valence-electron chi connectivity index (χ4n) is 1.19. The zero-order valence-corrected chi connectivity index (χ0v) is 10.1. The molecular formula is C11H9BrFNO2. The molecule has 1 aromatic carbocycles. The quantitative estimate of drug-likeness (QED) is 0.803. The monoisotopic (exact) mass is 285 g/mol. The summed E-state index contributed by atoms with van der Waals surface area (Å²) in [7, 11) is 0. The predicted molar refractivity (Wildman–Crippen MR) is 59.2 cm³/mol. The summed E-state index contributed by atoms with van der Waals surface area (Å²) in [5.74, 6) is -1.19. The van der Waals surface area contributed by atoms with Gasteiger partial charge in [-0.2, -0.15) is 5.26 Å². The molecule has 0 aromatic heterocycles. The first-order valence-electron chi connectivity index (χ1n) is 4.58. The number of carbonyl (C=O) groups is 1. The lowest BCUT2D eigenvalue weighted by atomic mass is 9.97. The van der Waals surface area contributed by atoms with Gasteiger partial charge in [-0.3, -0.25) is 0 Å². The molecule has 0 radical (unpaired) electrons. The van der Waals surface area contributed by atoms with Crippen molar-refractivity contribution in [3.05, 3.63) is 34.3 Å². The van der Waals surface area contributed by atoms with E-state index in [-0.39, 0.29) is 12.2 Å². The number of esters is 1. The molecule has 1 aromatic rings. The largest absolute Gasteiger partial charge is 0.463 e. The van der Waals surface area contributed by atoms with E-state index in [4.69, 9.17) is 5.26 Å². The lowest BCUT2D eigenvalue weighted by molar-refractivity contribution is -0.154. The van der Waals surface area contributed by atoms with E-state index in [0.717, 1.165) is 0 Å². The van der Waals surface area contributed by atoms with Crippen LogP contribution in [-0.4, -0.2) is 12.6 Å². The summed E-state index contributed by atoms with van der Waals surface area (Å²) in [4.78, 5) is 11.4. The maximum Gasteiger partial charge on any atom is 0.363 e. The maximum atomic E-state index is 14.2. The van der Waals surface area contributed by atoms with Crippen molar-refractivity contribution in [2.75, 3.05) is 6.61 Å². The van der Waals surface area contributed by atoms with Gasteiger partial charge in [-0.15, -0.1) is 0 Å². The van der Waals surface area contributed by atoms with E-state index in [1.807, 2.05) is 0 Å². The minimum Gasteiger partial charge on any atom is -0.463 e. The van der Waals surface area contributed by atoms with Gasteiger partial charge < -0.3 is 4.74 Å². The van der Waals surface area contributed by atoms with Gasteiger partial charge in [-0.25, -0.2) is 9.18 Å². The van der Waals surface area contributed by atoms with Gasteiger partial charge in [0.2, 0.25) is 0 Å². The molecule has 0 fully saturated rings. The summed E-state index contributed by atoms with van der Waals surface area (Å²) in [5, 5.41) is 8.81. The van der Waals surface area contributed by atoms with Crippen LogP contribution in [0.1, 0.15) is 12.5 Å². The Labute approximate surface area is 101 Å². The third-order valence-electron chi connectivity index (χ3n) is 1.96. The topological polar surface area (TPSA) is 50.1 Å². The van der Waals surface area contributed by atoms with Gasteiger partial charge >= 0.3 is 11.6 Å². The third kappa shape index (κ3) is 2.22. The van der Waals surface area contributed by atoms with Crippen molar-refractivity contribution in [1.82, 2.24) is 0 Å². The van der Waals surface area contributed by atoms with E-state index >= 15 is 0 Å². The van der Waals surface area contributed by atoms with E-state index in [1.165, 1.54) is 12.1 Å². The van der Waals surface area contributed by atoms with Crippen LogP contribution in [0, 0.1) is 11.3 Å². The molecule has 3 nitrogen and oxygen atoms in total. The molecule has 16 heavy (non-hydrogen) atoms. The SMILES string of the molecule is CCOC(=O)[C@@](F)(C#N)c1ccccc1Br. The van der Waals surface area contributed by atoms with E-state index in [1.54, 1.807) is 25.1 Å². The normalized spacial score (nSPS) is 13.6. The highest BCUT2D eigenvalue weighted by molar-refractivity contribution is 9.10. The first-order chi connectivity index (χ1) is 7.56. The Morgan fingerprint density at radius 3 is 2.75 bits per heavy atom. The van der Waals surface area contributed by atoms with Crippen LogP contribution in [-0.2, 0) is 15.2 Å².